The van der Waals surface area contributed by atoms with Crippen LogP contribution in [0.5, 0.6) is 0 Å². The number of carbonyl (C=O) groups excluding carboxylic acids is 3. The first kappa shape index (κ1) is 10.1. The molecule has 6 nitrogen and oxygen atoms in total. The van der Waals surface area contributed by atoms with E-state index in [1.54, 1.807) is 0 Å². The molecule has 0 aromatic heterocycles. The fourth-order valence-corrected chi connectivity index (χ4v) is 1.76. The molecular weight excluding hydrogens is 200 g/mol. The molecule has 6 heteroatoms. The fraction of sp³-hybridized carbons (Fsp3) is 0.667. The number of hydrogen-bond donors (Lipinski definition) is 1. The first-order valence-electron chi connectivity index (χ1n) is 4.93. The van der Waals surface area contributed by atoms with Gasteiger partial charge < -0.3 is 4.74 Å². The first-order valence-corrected chi connectivity index (χ1v) is 4.93. The zero-order chi connectivity index (χ0) is 10.8. The Hall–Kier alpha value is -1.43. The Morgan fingerprint density at radius 1 is 1.40 bits per heavy atom. The Morgan fingerprint density at radius 3 is 2.73 bits per heavy atom. The summed E-state index contributed by atoms with van der Waals surface area (Å²) in [5.74, 6) is -1.19. The van der Waals surface area contributed by atoms with Crippen molar-refractivity contribution >= 4 is 17.8 Å². The zero-order valence-corrected chi connectivity index (χ0v) is 8.19. The number of nitrogens with zero attached hydrogens (tertiary/aromatic N) is 1. The van der Waals surface area contributed by atoms with Gasteiger partial charge in [0, 0.05) is 19.8 Å². The molecule has 2 fully saturated rings. The van der Waals surface area contributed by atoms with Crippen molar-refractivity contribution in [1.29, 1.82) is 0 Å². The van der Waals surface area contributed by atoms with Crippen LogP contribution in [0.25, 0.3) is 0 Å². The SMILES string of the molecule is O=C1NC(=O)N(CCC2CCOC2)C1=O. The Morgan fingerprint density at radius 2 is 2.20 bits per heavy atom. The minimum absolute atomic E-state index is 0.296. The highest BCUT2D eigenvalue weighted by Crippen LogP contribution is 2.17. The molecule has 2 aliphatic rings. The van der Waals surface area contributed by atoms with Crippen LogP contribution >= 0.6 is 0 Å². The van der Waals surface area contributed by atoms with Gasteiger partial charge in [0.2, 0.25) is 0 Å². The van der Waals surface area contributed by atoms with Crippen molar-refractivity contribution in [3.63, 3.8) is 0 Å². The highest BCUT2D eigenvalue weighted by Gasteiger charge is 2.36. The second-order valence-corrected chi connectivity index (χ2v) is 3.73. The Kier molecular flexibility index (Phi) is 2.68. The van der Waals surface area contributed by atoms with Gasteiger partial charge in [0.15, 0.2) is 0 Å². The maximum absolute atomic E-state index is 11.2. The number of ether oxygens (including phenoxy) is 1. The van der Waals surface area contributed by atoms with Gasteiger partial charge in [-0.05, 0) is 18.8 Å². The van der Waals surface area contributed by atoms with Crippen LogP contribution in [0.2, 0.25) is 0 Å². The molecule has 2 aliphatic heterocycles. The molecule has 0 radical (unpaired) electrons. The van der Waals surface area contributed by atoms with E-state index >= 15 is 0 Å². The lowest BCUT2D eigenvalue weighted by molar-refractivity contribution is -0.140. The summed E-state index contributed by atoms with van der Waals surface area (Å²) in [4.78, 5) is 34.1. The van der Waals surface area contributed by atoms with Crippen molar-refractivity contribution in [2.45, 2.75) is 12.8 Å². The smallest absolute Gasteiger partial charge is 0.331 e. The summed E-state index contributed by atoms with van der Waals surface area (Å²) in [5, 5.41) is 1.96. The minimum Gasteiger partial charge on any atom is -0.381 e. The summed E-state index contributed by atoms with van der Waals surface area (Å²) in [6.45, 7) is 1.71. The lowest BCUT2D eigenvalue weighted by atomic mass is 10.1. The van der Waals surface area contributed by atoms with Gasteiger partial charge in [0.25, 0.3) is 0 Å². The molecule has 1 N–H and O–H groups in total. The van der Waals surface area contributed by atoms with E-state index in [4.69, 9.17) is 4.74 Å². The van der Waals surface area contributed by atoms with Gasteiger partial charge in [-0.2, -0.15) is 0 Å². The molecule has 0 aromatic rings. The van der Waals surface area contributed by atoms with Crippen molar-refractivity contribution in [2.75, 3.05) is 19.8 Å². The summed E-state index contributed by atoms with van der Waals surface area (Å²) in [7, 11) is 0. The monoisotopic (exact) mass is 212 g/mol. The number of hydrogen-bond acceptors (Lipinski definition) is 4. The maximum Gasteiger partial charge on any atom is 0.331 e. The molecule has 0 spiro atoms. The zero-order valence-electron chi connectivity index (χ0n) is 8.19. The molecule has 82 valence electrons. The highest BCUT2D eigenvalue weighted by atomic mass is 16.5. The second-order valence-electron chi connectivity index (χ2n) is 3.73. The fourth-order valence-electron chi connectivity index (χ4n) is 1.76. The summed E-state index contributed by atoms with van der Waals surface area (Å²) in [6.07, 6.45) is 1.66. The van der Waals surface area contributed by atoms with E-state index in [2.05, 4.69) is 0 Å². The molecule has 1 atom stereocenters. The lowest BCUT2D eigenvalue weighted by Gasteiger charge is -2.13. The van der Waals surface area contributed by atoms with Gasteiger partial charge in [-0.25, -0.2) is 4.79 Å². The third-order valence-corrected chi connectivity index (χ3v) is 2.69. The molecule has 0 saturated carbocycles. The van der Waals surface area contributed by atoms with E-state index in [-0.39, 0.29) is 0 Å². The first-order chi connectivity index (χ1) is 7.18. The van der Waals surface area contributed by atoms with Gasteiger partial charge in [0.1, 0.15) is 0 Å². The van der Waals surface area contributed by atoms with E-state index < -0.39 is 17.8 Å². The molecule has 0 aromatic carbocycles. The number of rotatable bonds is 3. The van der Waals surface area contributed by atoms with Gasteiger partial charge >= 0.3 is 17.8 Å². The summed E-state index contributed by atoms with van der Waals surface area (Å²) >= 11 is 0. The van der Waals surface area contributed by atoms with Crippen LogP contribution in [0, 0.1) is 5.92 Å². The van der Waals surface area contributed by atoms with Crippen LogP contribution in [0.4, 0.5) is 4.79 Å². The topological polar surface area (TPSA) is 75.7 Å². The van der Waals surface area contributed by atoms with Crippen molar-refractivity contribution in [2.24, 2.45) is 5.92 Å². The summed E-state index contributed by atoms with van der Waals surface area (Å²) in [6, 6.07) is -0.607. The lowest BCUT2D eigenvalue weighted by Crippen LogP contribution is -2.33. The third kappa shape index (κ3) is 1.99. The average Bonchev–Trinajstić information content (AvgIpc) is 2.76. The van der Waals surface area contributed by atoms with E-state index in [1.807, 2.05) is 5.32 Å². The van der Waals surface area contributed by atoms with Crippen molar-refractivity contribution in [1.82, 2.24) is 10.2 Å². The van der Waals surface area contributed by atoms with Crippen molar-refractivity contribution in [3.8, 4) is 0 Å². The van der Waals surface area contributed by atoms with Crippen LogP contribution in [-0.4, -0.2) is 42.5 Å². The quantitative estimate of drug-likeness (QED) is 0.505. The Bertz CT molecular complexity index is 309. The predicted octanol–water partition coefficient (Wildman–Crippen LogP) is -0.509. The molecule has 15 heavy (non-hydrogen) atoms. The molecule has 2 heterocycles. The summed E-state index contributed by atoms with van der Waals surface area (Å²) < 4.78 is 5.18. The Labute approximate surface area is 86.6 Å². The molecule has 0 aliphatic carbocycles. The van der Waals surface area contributed by atoms with Crippen molar-refractivity contribution in [3.05, 3.63) is 0 Å². The molecule has 0 bridgehead atoms. The minimum atomic E-state index is -0.831. The van der Waals surface area contributed by atoms with Gasteiger partial charge in [0.05, 0.1) is 0 Å². The molecule has 2 saturated heterocycles. The van der Waals surface area contributed by atoms with E-state index in [9.17, 15) is 14.4 Å². The number of amides is 4. The second kappa shape index (κ2) is 3.98. The van der Waals surface area contributed by atoms with E-state index in [0.717, 1.165) is 17.9 Å². The standard InChI is InChI=1S/C9H12N2O4/c12-7-8(13)11(9(14)10-7)3-1-6-2-4-15-5-6/h6H,1-5H2,(H,10,12,14). The third-order valence-electron chi connectivity index (χ3n) is 2.69. The van der Waals surface area contributed by atoms with Crippen molar-refractivity contribution < 1.29 is 19.1 Å². The number of imide groups is 2. The van der Waals surface area contributed by atoms with Crippen LogP contribution < -0.4 is 5.32 Å². The van der Waals surface area contributed by atoms with E-state index in [0.29, 0.717) is 25.5 Å². The average molecular weight is 212 g/mol. The molecule has 4 amide bonds. The van der Waals surface area contributed by atoms with Crippen LogP contribution in [0.15, 0.2) is 0 Å². The van der Waals surface area contributed by atoms with Gasteiger partial charge in [-0.15, -0.1) is 0 Å². The van der Waals surface area contributed by atoms with Crippen LogP contribution in [0.3, 0.4) is 0 Å². The predicted molar refractivity (Wildman–Crippen MR) is 48.8 cm³/mol. The van der Waals surface area contributed by atoms with Crippen LogP contribution in [-0.2, 0) is 14.3 Å². The largest absolute Gasteiger partial charge is 0.381 e. The molecular formula is C9H12N2O4. The number of nitrogens with one attached hydrogen (secondary N) is 1. The summed E-state index contributed by atoms with van der Waals surface area (Å²) in [5.41, 5.74) is 0. The molecule has 1 unspecified atom stereocenters. The van der Waals surface area contributed by atoms with Gasteiger partial charge in [-0.1, -0.05) is 0 Å². The maximum atomic E-state index is 11.2. The number of urea groups is 1. The van der Waals surface area contributed by atoms with Crippen LogP contribution in [0.1, 0.15) is 12.8 Å². The number of carbonyl (C=O) groups is 3. The van der Waals surface area contributed by atoms with Gasteiger partial charge in [-0.3, -0.25) is 19.8 Å². The normalized spacial score (nSPS) is 26.3. The Balaban J connectivity index is 1.85. The molecule has 2 rings (SSSR count). The highest BCUT2D eigenvalue weighted by molar-refractivity contribution is 6.44. The van der Waals surface area contributed by atoms with E-state index in [1.165, 1.54) is 0 Å².